The van der Waals surface area contributed by atoms with E-state index in [1.165, 1.54) is 11.3 Å². The predicted octanol–water partition coefficient (Wildman–Crippen LogP) is 5.46. The largest absolute Gasteiger partial charge is 0.497 e. The van der Waals surface area contributed by atoms with Crippen molar-refractivity contribution in [1.29, 1.82) is 0 Å². The fourth-order valence-corrected chi connectivity index (χ4v) is 3.99. The number of hydrogen-bond donors (Lipinski definition) is 2. The van der Waals surface area contributed by atoms with Crippen LogP contribution in [0.2, 0.25) is 0 Å². The van der Waals surface area contributed by atoms with E-state index >= 15 is 0 Å². The lowest BCUT2D eigenvalue weighted by atomic mass is 10.0. The molecule has 144 valence electrons. The van der Waals surface area contributed by atoms with Crippen LogP contribution in [0.4, 0.5) is 5.00 Å². The molecule has 3 rings (SSSR count). The van der Waals surface area contributed by atoms with Crippen molar-refractivity contribution in [3.8, 4) is 16.9 Å². The van der Waals surface area contributed by atoms with E-state index < -0.39 is 5.97 Å². The Bertz CT molecular complexity index is 981. The molecule has 28 heavy (non-hydrogen) atoms. The third kappa shape index (κ3) is 4.79. The van der Waals surface area contributed by atoms with E-state index in [-0.39, 0.29) is 17.9 Å². The van der Waals surface area contributed by atoms with Crippen molar-refractivity contribution in [1.82, 2.24) is 0 Å². The highest BCUT2D eigenvalue weighted by Gasteiger charge is 2.21. The first-order valence-electron chi connectivity index (χ1n) is 8.51. The monoisotopic (exact) mass is 459 g/mol. The Balaban J connectivity index is 1.71. The van der Waals surface area contributed by atoms with Crippen molar-refractivity contribution < 1.29 is 19.4 Å². The molecule has 0 aliphatic heterocycles. The number of carboxylic acid groups (broad SMARTS) is 1. The summed E-state index contributed by atoms with van der Waals surface area (Å²) in [6.07, 6.45) is 0.820. The maximum atomic E-state index is 12.3. The van der Waals surface area contributed by atoms with Crippen LogP contribution in [0.3, 0.4) is 0 Å². The minimum Gasteiger partial charge on any atom is -0.497 e. The minimum atomic E-state index is -1.07. The number of hydrogen-bond acceptors (Lipinski definition) is 4. The molecule has 5 nitrogen and oxygen atoms in total. The number of carboxylic acids is 1. The first-order valence-corrected chi connectivity index (χ1v) is 10.2. The minimum absolute atomic E-state index is 0.116. The van der Waals surface area contributed by atoms with Gasteiger partial charge in [0, 0.05) is 21.8 Å². The number of carbonyl (C=O) groups excluding carboxylic acids is 1. The van der Waals surface area contributed by atoms with Crippen LogP contribution in [0.25, 0.3) is 11.1 Å². The molecule has 2 aromatic carbocycles. The number of carbonyl (C=O) groups is 2. The molecule has 0 aliphatic carbocycles. The number of rotatable bonds is 7. The van der Waals surface area contributed by atoms with Crippen LogP contribution < -0.4 is 10.1 Å². The number of benzene rings is 2. The molecule has 0 saturated heterocycles. The Morgan fingerprint density at radius 3 is 2.39 bits per heavy atom. The third-order valence-electron chi connectivity index (χ3n) is 4.21. The van der Waals surface area contributed by atoms with E-state index in [1.54, 1.807) is 12.5 Å². The quantitative estimate of drug-likeness (QED) is 0.491. The second-order valence-electron chi connectivity index (χ2n) is 6.06. The summed E-state index contributed by atoms with van der Waals surface area (Å²) in [5, 5.41) is 14.5. The lowest BCUT2D eigenvalue weighted by molar-refractivity contribution is -0.116. The summed E-state index contributed by atoms with van der Waals surface area (Å²) < 4.78 is 6.03. The number of aryl methyl sites for hydroxylation is 1. The first-order chi connectivity index (χ1) is 13.5. The molecule has 1 amide bonds. The number of halogens is 1. The van der Waals surface area contributed by atoms with Crippen molar-refractivity contribution in [3.05, 3.63) is 69.5 Å². The molecule has 3 aromatic rings. The van der Waals surface area contributed by atoms with Crippen LogP contribution in [-0.2, 0) is 11.2 Å². The van der Waals surface area contributed by atoms with Crippen molar-refractivity contribution >= 4 is 44.1 Å². The Morgan fingerprint density at radius 2 is 1.79 bits per heavy atom. The van der Waals surface area contributed by atoms with Gasteiger partial charge in [-0.1, -0.05) is 40.2 Å². The van der Waals surface area contributed by atoms with Crippen molar-refractivity contribution in [3.63, 3.8) is 0 Å². The smallest absolute Gasteiger partial charge is 0.339 e. The molecule has 0 atom stereocenters. The second kappa shape index (κ2) is 9.03. The van der Waals surface area contributed by atoms with Crippen LogP contribution in [0, 0.1) is 0 Å². The zero-order valence-electron chi connectivity index (χ0n) is 15.1. The van der Waals surface area contributed by atoms with Gasteiger partial charge in [0.05, 0.1) is 7.11 Å². The number of aromatic carboxylic acids is 1. The van der Waals surface area contributed by atoms with E-state index in [9.17, 15) is 14.7 Å². The van der Waals surface area contributed by atoms with Gasteiger partial charge in [-0.25, -0.2) is 4.79 Å². The number of anilines is 1. The third-order valence-corrected chi connectivity index (χ3v) is 5.64. The highest BCUT2D eigenvalue weighted by Crippen LogP contribution is 2.36. The van der Waals surface area contributed by atoms with Gasteiger partial charge < -0.3 is 15.2 Å². The van der Waals surface area contributed by atoms with E-state index in [0.717, 1.165) is 21.3 Å². The van der Waals surface area contributed by atoms with E-state index in [0.29, 0.717) is 17.0 Å². The summed E-state index contributed by atoms with van der Waals surface area (Å²) in [6, 6.07) is 14.9. The molecule has 0 unspecified atom stereocenters. The SMILES string of the molecule is COc1ccc(CCC(=O)Nc2scc(-c3ccc(Br)cc3)c2C(=O)O)cc1. The van der Waals surface area contributed by atoms with Gasteiger partial charge in [0.1, 0.15) is 16.3 Å². The summed E-state index contributed by atoms with van der Waals surface area (Å²) in [6.45, 7) is 0. The molecular weight excluding hydrogens is 442 g/mol. The molecule has 2 N–H and O–H groups in total. The lowest BCUT2D eigenvalue weighted by Gasteiger charge is -2.07. The van der Waals surface area contributed by atoms with E-state index in [4.69, 9.17) is 4.74 Å². The van der Waals surface area contributed by atoms with Crippen molar-refractivity contribution in [2.24, 2.45) is 0 Å². The molecule has 7 heteroatoms. The molecule has 0 bridgehead atoms. The second-order valence-corrected chi connectivity index (χ2v) is 7.86. The maximum absolute atomic E-state index is 12.3. The normalized spacial score (nSPS) is 10.5. The van der Waals surface area contributed by atoms with Crippen LogP contribution in [0.5, 0.6) is 5.75 Å². The Labute approximate surface area is 175 Å². The lowest BCUT2D eigenvalue weighted by Crippen LogP contribution is -2.14. The molecular formula is C21H18BrNO4S. The van der Waals surface area contributed by atoms with Gasteiger partial charge >= 0.3 is 5.97 Å². The summed E-state index contributed by atoms with van der Waals surface area (Å²) in [4.78, 5) is 24.1. The Morgan fingerprint density at radius 1 is 1.11 bits per heavy atom. The predicted molar refractivity (Wildman–Crippen MR) is 114 cm³/mol. The Kier molecular flexibility index (Phi) is 6.49. The molecule has 0 radical (unpaired) electrons. The highest BCUT2D eigenvalue weighted by molar-refractivity contribution is 9.10. The van der Waals surface area contributed by atoms with Crippen molar-refractivity contribution in [2.45, 2.75) is 12.8 Å². The van der Waals surface area contributed by atoms with Crippen LogP contribution in [0.1, 0.15) is 22.3 Å². The zero-order chi connectivity index (χ0) is 20.1. The number of ether oxygens (including phenoxy) is 1. The van der Waals surface area contributed by atoms with E-state index in [1.807, 2.05) is 48.5 Å². The standard InChI is InChI=1S/C21H18BrNO4S/c1-27-16-9-2-13(3-10-16)4-11-18(24)23-20-19(21(25)26)17(12-28-20)14-5-7-15(22)8-6-14/h2-3,5-10,12H,4,11H2,1H3,(H,23,24)(H,25,26). The average Bonchev–Trinajstić information content (AvgIpc) is 3.11. The van der Waals surface area contributed by atoms with Gasteiger partial charge in [-0.2, -0.15) is 0 Å². The number of amides is 1. The number of thiophene rings is 1. The van der Waals surface area contributed by atoms with Crippen LogP contribution in [0.15, 0.2) is 58.4 Å². The van der Waals surface area contributed by atoms with Gasteiger partial charge in [-0.3, -0.25) is 4.79 Å². The fourth-order valence-electron chi connectivity index (χ4n) is 2.74. The van der Waals surface area contributed by atoms with Crippen LogP contribution >= 0.6 is 27.3 Å². The average molecular weight is 460 g/mol. The number of methoxy groups -OCH3 is 1. The molecule has 1 heterocycles. The summed E-state index contributed by atoms with van der Waals surface area (Å²) in [7, 11) is 1.60. The highest BCUT2D eigenvalue weighted by atomic mass is 79.9. The Hall–Kier alpha value is -2.64. The topological polar surface area (TPSA) is 75.6 Å². The number of nitrogens with one attached hydrogen (secondary N) is 1. The molecule has 0 aliphatic rings. The van der Waals surface area contributed by atoms with E-state index in [2.05, 4.69) is 21.2 Å². The first kappa shape index (κ1) is 20.1. The summed E-state index contributed by atoms with van der Waals surface area (Å²) >= 11 is 4.59. The summed E-state index contributed by atoms with van der Waals surface area (Å²) in [5.74, 6) is -0.523. The molecule has 1 aromatic heterocycles. The maximum Gasteiger partial charge on any atom is 0.339 e. The van der Waals surface area contributed by atoms with Crippen LogP contribution in [-0.4, -0.2) is 24.1 Å². The molecule has 0 fully saturated rings. The van der Waals surface area contributed by atoms with Crippen molar-refractivity contribution in [2.75, 3.05) is 12.4 Å². The van der Waals surface area contributed by atoms with Gasteiger partial charge in [0.2, 0.25) is 5.91 Å². The van der Waals surface area contributed by atoms with Gasteiger partial charge in [-0.05, 0) is 41.8 Å². The van der Waals surface area contributed by atoms with Gasteiger partial charge in [0.25, 0.3) is 0 Å². The molecule has 0 spiro atoms. The van der Waals surface area contributed by atoms with Gasteiger partial charge in [-0.15, -0.1) is 11.3 Å². The van der Waals surface area contributed by atoms with Gasteiger partial charge in [0.15, 0.2) is 0 Å². The fraction of sp³-hybridized carbons (Fsp3) is 0.143. The zero-order valence-corrected chi connectivity index (χ0v) is 17.5. The molecule has 0 saturated carbocycles. The summed E-state index contributed by atoms with van der Waals surface area (Å²) in [5.41, 5.74) is 2.51.